The molecule has 15 heavy (non-hydrogen) atoms. The number of hydrogen-bond donors (Lipinski definition) is 4. The quantitative estimate of drug-likeness (QED) is 0.542. The van der Waals surface area contributed by atoms with Gasteiger partial charge in [0.15, 0.2) is 0 Å². The molecule has 0 saturated heterocycles. The molecule has 1 rings (SSSR count). The molecule has 7 nitrogen and oxygen atoms in total. The van der Waals surface area contributed by atoms with Gasteiger partial charge in [-0.15, -0.1) is 0 Å². The standard InChI is InChI=1S/C4H6N2.C4H7NO4/c1-4-5-2-3-6-4;5-2(4(8)9)1-3(6)7/h2-3H,1H3,(H,5,6);2H,1,5H2,(H,6,7)(H,8,9)/t;2-/m.0/s1. The van der Waals surface area contributed by atoms with Crippen LogP contribution in [0.1, 0.15) is 12.2 Å². The summed E-state index contributed by atoms with van der Waals surface area (Å²) in [5.41, 5.74) is 4.84. The topological polar surface area (TPSA) is 129 Å². The zero-order chi connectivity index (χ0) is 11.8. The Morgan fingerprint density at radius 1 is 1.60 bits per heavy atom. The van der Waals surface area contributed by atoms with Crippen LogP contribution in [0.5, 0.6) is 0 Å². The molecule has 0 aliphatic rings. The van der Waals surface area contributed by atoms with E-state index in [2.05, 4.69) is 9.97 Å². The number of nitrogens with one attached hydrogen (secondary N) is 1. The third-order valence-electron chi connectivity index (χ3n) is 1.35. The van der Waals surface area contributed by atoms with Gasteiger partial charge in [-0.1, -0.05) is 0 Å². The smallest absolute Gasteiger partial charge is 0.321 e. The van der Waals surface area contributed by atoms with Crippen molar-refractivity contribution in [1.29, 1.82) is 0 Å². The van der Waals surface area contributed by atoms with Crippen LogP contribution in [0.3, 0.4) is 0 Å². The van der Waals surface area contributed by atoms with Gasteiger partial charge in [0.25, 0.3) is 0 Å². The number of hydrogen-bond acceptors (Lipinski definition) is 4. The van der Waals surface area contributed by atoms with Crippen LogP contribution >= 0.6 is 0 Å². The second-order valence-corrected chi connectivity index (χ2v) is 2.72. The van der Waals surface area contributed by atoms with Gasteiger partial charge in [0.1, 0.15) is 11.9 Å². The lowest BCUT2D eigenvalue weighted by Crippen LogP contribution is -2.32. The van der Waals surface area contributed by atoms with Gasteiger partial charge in [-0.3, -0.25) is 9.59 Å². The Labute approximate surface area is 85.9 Å². The lowest BCUT2D eigenvalue weighted by molar-refractivity contribution is -0.144. The summed E-state index contributed by atoms with van der Waals surface area (Å²) >= 11 is 0. The number of rotatable bonds is 3. The highest BCUT2D eigenvalue weighted by Crippen LogP contribution is 1.86. The van der Waals surface area contributed by atoms with Gasteiger partial charge in [0, 0.05) is 12.4 Å². The van der Waals surface area contributed by atoms with Gasteiger partial charge >= 0.3 is 11.9 Å². The molecule has 1 heterocycles. The number of carboxylic acid groups (broad SMARTS) is 2. The summed E-state index contributed by atoms with van der Waals surface area (Å²) in [6.45, 7) is 1.92. The van der Waals surface area contributed by atoms with Crippen LogP contribution in [0.4, 0.5) is 0 Å². The number of aromatic amines is 1. The van der Waals surface area contributed by atoms with E-state index in [4.69, 9.17) is 15.9 Å². The zero-order valence-electron chi connectivity index (χ0n) is 8.17. The van der Waals surface area contributed by atoms with E-state index < -0.39 is 24.4 Å². The monoisotopic (exact) mass is 215 g/mol. The molecule has 1 atom stereocenters. The summed E-state index contributed by atoms with van der Waals surface area (Å²) in [7, 11) is 0. The zero-order valence-corrected chi connectivity index (χ0v) is 8.17. The first-order valence-corrected chi connectivity index (χ1v) is 4.09. The van der Waals surface area contributed by atoms with E-state index in [-0.39, 0.29) is 0 Å². The number of nitrogens with two attached hydrogens (primary N) is 1. The first-order valence-electron chi connectivity index (χ1n) is 4.09. The molecule has 0 amide bonds. The van der Waals surface area contributed by atoms with Gasteiger partial charge in [0.05, 0.1) is 6.42 Å². The fourth-order valence-corrected chi connectivity index (χ4v) is 0.620. The van der Waals surface area contributed by atoms with E-state index in [0.29, 0.717) is 0 Å². The molecule has 0 saturated carbocycles. The Morgan fingerprint density at radius 3 is 2.33 bits per heavy atom. The SMILES string of the molecule is Cc1ncc[nH]1.N[C@@H](CC(=O)O)C(=O)O. The molecule has 0 radical (unpaired) electrons. The Morgan fingerprint density at radius 2 is 2.20 bits per heavy atom. The van der Waals surface area contributed by atoms with Crippen molar-refractivity contribution in [2.75, 3.05) is 0 Å². The summed E-state index contributed by atoms with van der Waals surface area (Å²) in [6, 6.07) is -1.29. The minimum Gasteiger partial charge on any atom is -0.481 e. The number of carbonyl (C=O) groups is 2. The predicted molar refractivity (Wildman–Crippen MR) is 51.2 cm³/mol. The Balaban J connectivity index is 0.000000280. The number of imidazole rings is 1. The van der Waals surface area contributed by atoms with Crippen LogP contribution in [0, 0.1) is 6.92 Å². The van der Waals surface area contributed by atoms with Gasteiger partial charge in [-0.25, -0.2) is 4.98 Å². The van der Waals surface area contributed by atoms with E-state index >= 15 is 0 Å². The van der Waals surface area contributed by atoms with Crippen molar-refractivity contribution in [2.45, 2.75) is 19.4 Å². The average Bonchev–Trinajstić information content (AvgIpc) is 2.55. The molecular formula is C8H13N3O4. The van der Waals surface area contributed by atoms with E-state index in [1.165, 1.54) is 0 Å². The number of H-pyrrole nitrogens is 1. The highest BCUT2D eigenvalue weighted by molar-refractivity contribution is 5.80. The molecule has 0 bridgehead atoms. The summed E-state index contributed by atoms with van der Waals surface area (Å²) in [6.07, 6.45) is 3.00. The van der Waals surface area contributed by atoms with Crippen LogP contribution in [0.25, 0.3) is 0 Å². The molecule has 0 aromatic carbocycles. The number of carboxylic acids is 2. The molecule has 0 aliphatic carbocycles. The highest BCUT2D eigenvalue weighted by Gasteiger charge is 2.14. The average molecular weight is 215 g/mol. The van der Waals surface area contributed by atoms with Gasteiger partial charge in [0.2, 0.25) is 0 Å². The molecule has 0 aliphatic heterocycles. The summed E-state index contributed by atoms with van der Waals surface area (Å²) in [5, 5.41) is 16.0. The number of aliphatic carboxylic acids is 2. The van der Waals surface area contributed by atoms with E-state index in [1.807, 2.05) is 6.92 Å². The van der Waals surface area contributed by atoms with Crippen molar-refractivity contribution < 1.29 is 19.8 Å². The van der Waals surface area contributed by atoms with Gasteiger partial charge in [-0.2, -0.15) is 0 Å². The first-order chi connectivity index (χ1) is 6.93. The predicted octanol–water partition coefficient (Wildman–Crippen LogP) is -0.409. The minimum atomic E-state index is -1.29. The molecule has 1 aromatic heterocycles. The Kier molecular flexibility index (Phi) is 5.72. The molecule has 1 aromatic rings. The van der Waals surface area contributed by atoms with Crippen molar-refractivity contribution in [2.24, 2.45) is 5.73 Å². The van der Waals surface area contributed by atoms with Crippen molar-refractivity contribution in [3.05, 3.63) is 18.2 Å². The number of aryl methyl sites for hydroxylation is 1. The van der Waals surface area contributed by atoms with Crippen molar-refractivity contribution in [3.8, 4) is 0 Å². The van der Waals surface area contributed by atoms with Crippen molar-refractivity contribution in [1.82, 2.24) is 9.97 Å². The molecule has 0 spiro atoms. The van der Waals surface area contributed by atoms with Gasteiger partial charge in [-0.05, 0) is 6.92 Å². The molecule has 7 heteroatoms. The Bertz CT molecular complexity index is 310. The first kappa shape index (κ1) is 13.1. The maximum absolute atomic E-state index is 9.85. The lowest BCUT2D eigenvalue weighted by Gasteiger charge is -1.99. The molecule has 0 fully saturated rings. The molecule has 0 unspecified atom stereocenters. The van der Waals surface area contributed by atoms with E-state index in [0.717, 1.165) is 5.82 Å². The van der Waals surface area contributed by atoms with E-state index in [9.17, 15) is 9.59 Å². The summed E-state index contributed by atoms with van der Waals surface area (Å²) < 4.78 is 0. The van der Waals surface area contributed by atoms with Crippen LogP contribution in [0.15, 0.2) is 12.4 Å². The van der Waals surface area contributed by atoms with Crippen LogP contribution in [0.2, 0.25) is 0 Å². The fourth-order valence-electron chi connectivity index (χ4n) is 0.620. The fraction of sp³-hybridized carbons (Fsp3) is 0.375. The minimum absolute atomic E-state index is 0.532. The highest BCUT2D eigenvalue weighted by atomic mass is 16.4. The van der Waals surface area contributed by atoms with E-state index in [1.54, 1.807) is 12.4 Å². The summed E-state index contributed by atoms with van der Waals surface area (Å²) in [4.78, 5) is 26.4. The second-order valence-electron chi connectivity index (χ2n) is 2.72. The third kappa shape index (κ3) is 7.20. The molecule has 5 N–H and O–H groups in total. The van der Waals surface area contributed by atoms with Crippen molar-refractivity contribution in [3.63, 3.8) is 0 Å². The van der Waals surface area contributed by atoms with Crippen LogP contribution in [-0.2, 0) is 9.59 Å². The molecule has 84 valence electrons. The maximum Gasteiger partial charge on any atom is 0.321 e. The third-order valence-corrected chi connectivity index (χ3v) is 1.35. The van der Waals surface area contributed by atoms with Gasteiger partial charge < -0.3 is 20.9 Å². The molecular weight excluding hydrogens is 202 g/mol. The lowest BCUT2D eigenvalue weighted by atomic mass is 10.2. The Hall–Kier alpha value is -1.89. The normalized spacial score (nSPS) is 11.1. The maximum atomic E-state index is 9.85. The van der Waals surface area contributed by atoms with Crippen LogP contribution < -0.4 is 5.73 Å². The van der Waals surface area contributed by atoms with Crippen molar-refractivity contribution >= 4 is 11.9 Å². The largest absolute Gasteiger partial charge is 0.481 e. The summed E-state index contributed by atoms with van der Waals surface area (Å²) in [5.74, 6) is -1.53. The number of nitrogens with zero attached hydrogens (tertiary/aromatic N) is 1. The second kappa shape index (κ2) is 6.55. The van der Waals surface area contributed by atoms with Crippen LogP contribution in [-0.4, -0.2) is 38.2 Å². The number of aromatic nitrogens is 2.